The van der Waals surface area contributed by atoms with Crippen molar-refractivity contribution in [3.63, 3.8) is 0 Å². The maximum atomic E-state index is 13.9. The average molecular weight is 456 g/mol. The number of rotatable bonds is 9. The number of aromatic nitrogens is 1. The van der Waals surface area contributed by atoms with E-state index in [2.05, 4.69) is 4.98 Å². The number of likely N-dealkylation sites (N-methyl/N-ethyl adjacent to an activating group) is 1. The Hall–Kier alpha value is -3.93. The lowest BCUT2D eigenvalue weighted by Gasteiger charge is -2.25. The summed E-state index contributed by atoms with van der Waals surface area (Å²) in [7, 11) is 0. The number of aryl methyl sites for hydroxylation is 1. The van der Waals surface area contributed by atoms with Gasteiger partial charge in [-0.3, -0.25) is 14.6 Å². The van der Waals surface area contributed by atoms with E-state index in [0.29, 0.717) is 42.4 Å². The third-order valence-electron chi connectivity index (χ3n) is 5.92. The summed E-state index contributed by atoms with van der Waals surface area (Å²) in [4.78, 5) is 35.0. The molecule has 0 aliphatic carbocycles. The third-order valence-corrected chi connectivity index (χ3v) is 5.92. The normalized spacial score (nSPS) is 13.6. The van der Waals surface area contributed by atoms with Gasteiger partial charge < -0.3 is 9.64 Å². The standard InChI is InChI=1S/C28H29N3O3/c1-4-30(19-16-21-14-17-29-18-15-21)26-25(22-12-10-20(3)11-13-22)27(32)31(28(26)33)23-8-6-7-9-24(23)34-5-2/h6-15,17-18H,4-5,16,19H2,1-3H3. The number of amides is 2. The summed E-state index contributed by atoms with van der Waals surface area (Å²) in [6.45, 7) is 7.51. The highest BCUT2D eigenvalue weighted by molar-refractivity contribution is 6.45. The fourth-order valence-corrected chi connectivity index (χ4v) is 4.17. The zero-order valence-electron chi connectivity index (χ0n) is 19.8. The van der Waals surface area contributed by atoms with Crippen LogP contribution in [0.25, 0.3) is 5.57 Å². The minimum absolute atomic E-state index is 0.329. The van der Waals surface area contributed by atoms with Gasteiger partial charge in [-0.15, -0.1) is 0 Å². The van der Waals surface area contributed by atoms with Gasteiger partial charge >= 0.3 is 0 Å². The molecule has 174 valence electrons. The summed E-state index contributed by atoms with van der Waals surface area (Å²) in [5, 5.41) is 0. The van der Waals surface area contributed by atoms with E-state index in [0.717, 1.165) is 23.1 Å². The van der Waals surface area contributed by atoms with Crippen LogP contribution < -0.4 is 9.64 Å². The van der Waals surface area contributed by atoms with Crippen LogP contribution in [-0.2, 0) is 16.0 Å². The quantitative estimate of drug-likeness (QED) is 0.440. The van der Waals surface area contributed by atoms with Gasteiger partial charge in [-0.25, -0.2) is 4.90 Å². The number of para-hydroxylation sites is 2. The molecule has 0 bridgehead atoms. The number of carbonyl (C=O) groups excluding carboxylic acids is 2. The molecule has 6 heteroatoms. The van der Waals surface area contributed by atoms with E-state index in [1.165, 1.54) is 4.90 Å². The first kappa shape index (κ1) is 23.2. The lowest BCUT2D eigenvalue weighted by Crippen LogP contribution is -2.36. The molecule has 2 aromatic carbocycles. The van der Waals surface area contributed by atoms with Gasteiger partial charge in [0.1, 0.15) is 11.4 Å². The number of anilines is 1. The number of hydrogen-bond acceptors (Lipinski definition) is 5. The van der Waals surface area contributed by atoms with Crippen LogP contribution >= 0.6 is 0 Å². The lowest BCUT2D eigenvalue weighted by atomic mass is 10.0. The highest BCUT2D eigenvalue weighted by atomic mass is 16.5. The number of pyridine rings is 1. The summed E-state index contributed by atoms with van der Waals surface area (Å²) in [6, 6.07) is 18.8. The second-order valence-corrected chi connectivity index (χ2v) is 8.12. The van der Waals surface area contributed by atoms with Crippen molar-refractivity contribution < 1.29 is 14.3 Å². The zero-order valence-corrected chi connectivity index (χ0v) is 19.8. The van der Waals surface area contributed by atoms with Gasteiger partial charge in [0, 0.05) is 25.5 Å². The fourth-order valence-electron chi connectivity index (χ4n) is 4.17. The topological polar surface area (TPSA) is 62.7 Å². The van der Waals surface area contributed by atoms with Crippen molar-refractivity contribution in [3.05, 3.63) is 95.4 Å². The predicted molar refractivity (Wildman–Crippen MR) is 133 cm³/mol. The van der Waals surface area contributed by atoms with E-state index < -0.39 is 0 Å². The molecule has 1 aliphatic heterocycles. The van der Waals surface area contributed by atoms with Crippen LogP contribution in [0.2, 0.25) is 0 Å². The Bertz CT molecular complexity index is 1200. The SMILES string of the molecule is CCOc1ccccc1N1C(=O)C(c2ccc(C)cc2)=C(N(CC)CCc2ccncc2)C1=O. The molecule has 0 saturated heterocycles. The number of nitrogens with zero attached hydrogens (tertiary/aromatic N) is 3. The van der Waals surface area contributed by atoms with E-state index >= 15 is 0 Å². The molecular formula is C28H29N3O3. The Morgan fingerprint density at radius 1 is 0.912 bits per heavy atom. The second-order valence-electron chi connectivity index (χ2n) is 8.12. The fraction of sp³-hybridized carbons (Fsp3) is 0.250. The molecule has 1 aromatic heterocycles. The molecule has 0 unspecified atom stereocenters. The minimum atomic E-state index is -0.335. The van der Waals surface area contributed by atoms with Crippen LogP contribution in [0.5, 0.6) is 5.75 Å². The summed E-state index contributed by atoms with van der Waals surface area (Å²) < 4.78 is 5.75. The van der Waals surface area contributed by atoms with Crippen molar-refractivity contribution in [2.75, 3.05) is 24.6 Å². The maximum absolute atomic E-state index is 13.9. The first-order valence-corrected chi connectivity index (χ1v) is 11.6. The Labute approximate surface area is 200 Å². The minimum Gasteiger partial charge on any atom is -0.492 e. The largest absolute Gasteiger partial charge is 0.492 e. The van der Waals surface area contributed by atoms with Gasteiger partial charge in [-0.2, -0.15) is 0 Å². The van der Waals surface area contributed by atoms with Gasteiger partial charge in [0.15, 0.2) is 0 Å². The smallest absolute Gasteiger partial charge is 0.282 e. The van der Waals surface area contributed by atoms with E-state index in [4.69, 9.17) is 4.74 Å². The van der Waals surface area contributed by atoms with Gasteiger partial charge in [-0.1, -0.05) is 42.0 Å². The number of imide groups is 1. The van der Waals surface area contributed by atoms with Crippen LogP contribution in [0.3, 0.4) is 0 Å². The number of benzene rings is 2. The molecule has 0 saturated carbocycles. The van der Waals surface area contributed by atoms with Crippen LogP contribution in [0, 0.1) is 6.92 Å². The summed E-state index contributed by atoms with van der Waals surface area (Å²) in [6.07, 6.45) is 4.26. The van der Waals surface area contributed by atoms with Crippen molar-refractivity contribution in [2.45, 2.75) is 27.2 Å². The van der Waals surface area contributed by atoms with E-state index in [1.54, 1.807) is 24.5 Å². The van der Waals surface area contributed by atoms with E-state index in [9.17, 15) is 9.59 Å². The number of ether oxygens (including phenoxy) is 1. The third kappa shape index (κ3) is 4.57. The van der Waals surface area contributed by atoms with Crippen LogP contribution in [-0.4, -0.2) is 41.4 Å². The highest BCUT2D eigenvalue weighted by Gasteiger charge is 2.43. The van der Waals surface area contributed by atoms with Crippen molar-refractivity contribution in [2.24, 2.45) is 0 Å². The molecule has 6 nitrogen and oxygen atoms in total. The van der Waals surface area contributed by atoms with Crippen molar-refractivity contribution in [1.29, 1.82) is 0 Å². The summed E-state index contributed by atoms with van der Waals surface area (Å²) >= 11 is 0. The molecule has 0 atom stereocenters. The summed E-state index contributed by atoms with van der Waals surface area (Å²) in [5.41, 5.74) is 4.26. The maximum Gasteiger partial charge on any atom is 0.282 e. The van der Waals surface area contributed by atoms with Gasteiger partial charge in [0.05, 0.1) is 17.9 Å². The van der Waals surface area contributed by atoms with Gasteiger partial charge in [0.2, 0.25) is 0 Å². The van der Waals surface area contributed by atoms with Crippen LogP contribution in [0.4, 0.5) is 5.69 Å². The molecule has 4 rings (SSSR count). The molecule has 0 radical (unpaired) electrons. The molecule has 34 heavy (non-hydrogen) atoms. The molecule has 3 aromatic rings. The van der Waals surface area contributed by atoms with Crippen LogP contribution in [0.15, 0.2) is 78.8 Å². The van der Waals surface area contributed by atoms with Crippen LogP contribution in [0.1, 0.15) is 30.5 Å². The molecular weight excluding hydrogens is 426 g/mol. The van der Waals surface area contributed by atoms with Gasteiger partial charge in [0.25, 0.3) is 11.8 Å². The molecule has 2 heterocycles. The Kier molecular flexibility index (Phi) is 7.07. The Morgan fingerprint density at radius 3 is 2.29 bits per heavy atom. The predicted octanol–water partition coefficient (Wildman–Crippen LogP) is 4.64. The highest BCUT2D eigenvalue weighted by Crippen LogP contribution is 2.38. The first-order chi connectivity index (χ1) is 16.5. The van der Waals surface area contributed by atoms with Gasteiger partial charge in [-0.05, 0) is 62.6 Å². The molecule has 1 aliphatic rings. The Morgan fingerprint density at radius 2 is 1.62 bits per heavy atom. The van der Waals surface area contributed by atoms with E-state index in [-0.39, 0.29) is 11.8 Å². The molecule has 2 amide bonds. The first-order valence-electron chi connectivity index (χ1n) is 11.6. The molecule has 0 N–H and O–H groups in total. The van der Waals surface area contributed by atoms with Crippen molar-refractivity contribution >= 4 is 23.1 Å². The lowest BCUT2D eigenvalue weighted by molar-refractivity contribution is -0.120. The summed E-state index contributed by atoms with van der Waals surface area (Å²) in [5.74, 6) is -0.154. The van der Waals surface area contributed by atoms with Crippen molar-refractivity contribution in [3.8, 4) is 5.75 Å². The monoisotopic (exact) mass is 455 g/mol. The second kappa shape index (κ2) is 10.3. The zero-order chi connectivity index (χ0) is 24.1. The Balaban J connectivity index is 1.78. The van der Waals surface area contributed by atoms with Crippen molar-refractivity contribution in [1.82, 2.24) is 9.88 Å². The number of hydrogen-bond donors (Lipinski definition) is 0. The average Bonchev–Trinajstić information content (AvgIpc) is 3.11. The van der Waals surface area contributed by atoms with E-state index in [1.807, 2.05) is 74.2 Å². The number of carbonyl (C=O) groups is 2. The molecule has 0 spiro atoms. The molecule has 0 fully saturated rings.